The van der Waals surface area contributed by atoms with Crippen LogP contribution in [-0.2, 0) is 4.74 Å². The van der Waals surface area contributed by atoms with Gasteiger partial charge in [0.1, 0.15) is 0 Å². The van der Waals surface area contributed by atoms with Gasteiger partial charge in [-0.05, 0) is 25.4 Å². The number of ether oxygens (including phenoxy) is 1. The number of H-pyrrole nitrogens is 1. The summed E-state index contributed by atoms with van der Waals surface area (Å²) in [6, 6.07) is 0. The maximum absolute atomic E-state index is 13.6. The quantitative estimate of drug-likeness (QED) is 0.815. The monoisotopic (exact) mass is 304 g/mol. The van der Waals surface area contributed by atoms with Gasteiger partial charge in [0.15, 0.2) is 5.82 Å². The summed E-state index contributed by atoms with van der Waals surface area (Å²) in [5, 5.41) is 2.72. The summed E-state index contributed by atoms with van der Waals surface area (Å²) >= 11 is 5.62. The van der Waals surface area contributed by atoms with Crippen molar-refractivity contribution in [3.63, 3.8) is 0 Å². The van der Waals surface area contributed by atoms with Crippen molar-refractivity contribution in [2.24, 2.45) is 0 Å². The van der Waals surface area contributed by atoms with Gasteiger partial charge >= 0.3 is 0 Å². The van der Waals surface area contributed by atoms with E-state index in [1.54, 1.807) is 0 Å². The average molecular weight is 305 g/mol. The number of aromatic amines is 1. The van der Waals surface area contributed by atoms with Gasteiger partial charge in [-0.25, -0.2) is 0 Å². The molecule has 2 N–H and O–H groups in total. The standard InChI is InChI=1S/C12H18ClFN4O2/c1-12(2,18-3-5-20-6-4-18)7-15-9-8(14)10(19)17-11(13)16-9/h3-7H2,1-2H3,(H2,15,16,17,19). The van der Waals surface area contributed by atoms with E-state index >= 15 is 0 Å². The van der Waals surface area contributed by atoms with Crippen LogP contribution in [0.15, 0.2) is 4.79 Å². The molecule has 2 heterocycles. The lowest BCUT2D eigenvalue weighted by molar-refractivity contribution is -0.00572. The number of aromatic nitrogens is 2. The van der Waals surface area contributed by atoms with Crippen molar-refractivity contribution in [2.75, 3.05) is 38.2 Å². The van der Waals surface area contributed by atoms with E-state index in [1.165, 1.54) is 0 Å². The van der Waals surface area contributed by atoms with Crippen molar-refractivity contribution in [3.05, 3.63) is 21.5 Å². The first-order valence-corrected chi connectivity index (χ1v) is 6.80. The number of morpholine rings is 1. The lowest BCUT2D eigenvalue weighted by atomic mass is 10.0. The van der Waals surface area contributed by atoms with E-state index in [0.717, 1.165) is 13.1 Å². The molecule has 112 valence electrons. The maximum atomic E-state index is 13.6. The molecule has 0 unspecified atom stereocenters. The summed E-state index contributed by atoms with van der Waals surface area (Å²) in [6.45, 7) is 7.54. The minimum absolute atomic E-state index is 0.125. The zero-order chi connectivity index (χ0) is 14.8. The summed E-state index contributed by atoms with van der Waals surface area (Å²) in [5.74, 6) is -1.08. The van der Waals surface area contributed by atoms with Gasteiger partial charge < -0.3 is 10.1 Å². The molecule has 0 atom stereocenters. The summed E-state index contributed by atoms with van der Waals surface area (Å²) in [6.07, 6.45) is 0. The first kappa shape index (κ1) is 15.2. The van der Waals surface area contributed by atoms with Crippen LogP contribution in [-0.4, -0.2) is 53.3 Å². The molecular weight excluding hydrogens is 287 g/mol. The minimum Gasteiger partial charge on any atom is -0.379 e. The highest BCUT2D eigenvalue weighted by Crippen LogP contribution is 2.18. The molecule has 0 saturated carbocycles. The summed E-state index contributed by atoms with van der Waals surface area (Å²) in [4.78, 5) is 19.4. The number of rotatable bonds is 4. The molecule has 0 aromatic carbocycles. The third kappa shape index (κ3) is 3.47. The van der Waals surface area contributed by atoms with Crippen LogP contribution in [0.3, 0.4) is 0 Å². The number of hydrogen-bond acceptors (Lipinski definition) is 5. The number of nitrogens with zero attached hydrogens (tertiary/aromatic N) is 2. The Kier molecular flexibility index (Phi) is 4.62. The molecule has 0 radical (unpaired) electrons. The molecule has 0 bridgehead atoms. The van der Waals surface area contributed by atoms with Gasteiger partial charge in [-0.3, -0.25) is 14.7 Å². The van der Waals surface area contributed by atoms with Gasteiger partial charge in [0.05, 0.1) is 13.2 Å². The van der Waals surface area contributed by atoms with Crippen molar-refractivity contribution < 1.29 is 9.13 Å². The number of anilines is 1. The van der Waals surface area contributed by atoms with Crippen molar-refractivity contribution in [1.82, 2.24) is 14.9 Å². The Morgan fingerprint density at radius 3 is 2.80 bits per heavy atom. The fourth-order valence-corrected chi connectivity index (χ4v) is 2.30. The van der Waals surface area contributed by atoms with Crippen LogP contribution in [0.1, 0.15) is 13.8 Å². The number of nitrogens with one attached hydrogen (secondary N) is 2. The molecule has 1 aromatic heterocycles. The van der Waals surface area contributed by atoms with Crippen LogP contribution in [0.25, 0.3) is 0 Å². The van der Waals surface area contributed by atoms with E-state index in [4.69, 9.17) is 16.3 Å². The van der Waals surface area contributed by atoms with Gasteiger partial charge in [0, 0.05) is 25.2 Å². The molecule has 1 aliphatic rings. The summed E-state index contributed by atoms with van der Waals surface area (Å²) in [5.41, 5.74) is -1.09. The fraction of sp³-hybridized carbons (Fsp3) is 0.667. The van der Waals surface area contributed by atoms with E-state index in [2.05, 4.69) is 20.2 Å². The van der Waals surface area contributed by atoms with Crippen LogP contribution in [0.2, 0.25) is 5.28 Å². The van der Waals surface area contributed by atoms with Gasteiger partial charge in [-0.2, -0.15) is 9.37 Å². The molecule has 1 saturated heterocycles. The molecule has 0 amide bonds. The summed E-state index contributed by atoms with van der Waals surface area (Å²) < 4.78 is 18.9. The molecule has 1 fully saturated rings. The van der Waals surface area contributed by atoms with Crippen LogP contribution in [0, 0.1) is 5.82 Å². The fourth-order valence-electron chi connectivity index (χ4n) is 2.13. The molecule has 8 heteroatoms. The Bertz CT molecular complexity index is 529. The lowest BCUT2D eigenvalue weighted by Gasteiger charge is -2.40. The van der Waals surface area contributed by atoms with E-state index in [9.17, 15) is 9.18 Å². The van der Waals surface area contributed by atoms with Crippen LogP contribution in [0.4, 0.5) is 10.2 Å². The van der Waals surface area contributed by atoms with E-state index in [0.29, 0.717) is 19.8 Å². The predicted molar refractivity (Wildman–Crippen MR) is 74.8 cm³/mol. The lowest BCUT2D eigenvalue weighted by Crippen LogP contribution is -2.53. The highest BCUT2D eigenvalue weighted by molar-refractivity contribution is 6.28. The molecule has 2 rings (SSSR count). The second kappa shape index (κ2) is 6.07. The van der Waals surface area contributed by atoms with Crippen molar-refractivity contribution in [3.8, 4) is 0 Å². The Morgan fingerprint density at radius 1 is 1.50 bits per heavy atom. The highest BCUT2D eigenvalue weighted by atomic mass is 35.5. The first-order chi connectivity index (χ1) is 9.40. The Hall–Kier alpha value is -1.18. The second-order valence-electron chi connectivity index (χ2n) is 5.28. The molecular formula is C12H18ClFN4O2. The van der Waals surface area contributed by atoms with Crippen molar-refractivity contribution in [2.45, 2.75) is 19.4 Å². The first-order valence-electron chi connectivity index (χ1n) is 6.42. The SMILES string of the molecule is CC(C)(CNc1nc(Cl)[nH]c(=O)c1F)N1CCOCC1. The molecule has 0 aliphatic carbocycles. The zero-order valence-electron chi connectivity index (χ0n) is 11.5. The predicted octanol–water partition coefficient (Wildman–Crippen LogP) is 1.09. The highest BCUT2D eigenvalue weighted by Gasteiger charge is 2.28. The van der Waals surface area contributed by atoms with Crippen LogP contribution < -0.4 is 10.9 Å². The average Bonchev–Trinajstić information content (AvgIpc) is 2.42. The Morgan fingerprint density at radius 2 is 2.15 bits per heavy atom. The topological polar surface area (TPSA) is 70.2 Å². The van der Waals surface area contributed by atoms with Gasteiger partial charge in [0.25, 0.3) is 5.56 Å². The molecule has 6 nitrogen and oxygen atoms in total. The summed E-state index contributed by atoms with van der Waals surface area (Å²) in [7, 11) is 0. The Labute approximate surface area is 121 Å². The molecule has 20 heavy (non-hydrogen) atoms. The van der Waals surface area contributed by atoms with Crippen LogP contribution in [0.5, 0.6) is 0 Å². The number of hydrogen-bond donors (Lipinski definition) is 2. The zero-order valence-corrected chi connectivity index (χ0v) is 12.3. The number of halogens is 2. The third-order valence-corrected chi connectivity index (χ3v) is 3.57. The largest absolute Gasteiger partial charge is 0.379 e. The minimum atomic E-state index is -0.952. The van der Waals surface area contributed by atoms with Crippen LogP contribution >= 0.6 is 11.6 Å². The molecule has 1 aromatic rings. The van der Waals surface area contributed by atoms with E-state index in [1.807, 2.05) is 13.8 Å². The second-order valence-corrected chi connectivity index (χ2v) is 5.64. The molecule has 1 aliphatic heterocycles. The van der Waals surface area contributed by atoms with Gasteiger partial charge in [-0.15, -0.1) is 0 Å². The van der Waals surface area contributed by atoms with E-state index < -0.39 is 11.4 Å². The third-order valence-electron chi connectivity index (χ3n) is 3.39. The maximum Gasteiger partial charge on any atom is 0.290 e. The van der Waals surface area contributed by atoms with Gasteiger partial charge in [-0.1, -0.05) is 0 Å². The van der Waals surface area contributed by atoms with E-state index in [-0.39, 0.29) is 16.6 Å². The normalized spacial score (nSPS) is 17.2. The van der Waals surface area contributed by atoms with Crippen molar-refractivity contribution in [1.29, 1.82) is 0 Å². The van der Waals surface area contributed by atoms with Gasteiger partial charge in [0.2, 0.25) is 11.1 Å². The smallest absolute Gasteiger partial charge is 0.290 e. The molecule has 0 spiro atoms. The Balaban J connectivity index is 2.05. The van der Waals surface area contributed by atoms with Crippen molar-refractivity contribution >= 4 is 17.4 Å².